The van der Waals surface area contributed by atoms with E-state index in [2.05, 4.69) is 16.4 Å². The summed E-state index contributed by atoms with van der Waals surface area (Å²) in [7, 11) is 1.27. The van der Waals surface area contributed by atoms with Crippen molar-refractivity contribution in [1.29, 1.82) is 0 Å². The molecule has 0 aromatic heterocycles. The summed E-state index contributed by atoms with van der Waals surface area (Å²) in [6.45, 7) is 4.39. The van der Waals surface area contributed by atoms with Crippen molar-refractivity contribution in [2.45, 2.75) is 6.23 Å². The fraction of sp³-hybridized carbons (Fsp3) is 0.750. The summed E-state index contributed by atoms with van der Waals surface area (Å²) >= 11 is 0. The molecule has 0 aliphatic heterocycles. The Balaban J connectivity index is 4.31. The first-order valence-electron chi connectivity index (χ1n) is 4.53. The number of hydrogen-bond donors (Lipinski definition) is 3. The summed E-state index contributed by atoms with van der Waals surface area (Å²) in [5, 5.41) is 2.83. The molecule has 15 heavy (non-hydrogen) atoms. The molecule has 3 N–H and O–H groups in total. The first kappa shape index (κ1) is 14.8. The minimum absolute atomic E-state index is 0.435. The molecule has 0 fully saturated rings. The van der Waals surface area contributed by atoms with E-state index in [0.717, 1.165) is 0 Å². The Kier molecular flexibility index (Phi) is 5.66. The zero-order chi connectivity index (χ0) is 12.1. The molecule has 0 spiro atoms. The van der Waals surface area contributed by atoms with Crippen molar-refractivity contribution in [1.82, 2.24) is 5.32 Å². The molecule has 0 heterocycles. The van der Waals surface area contributed by atoms with E-state index in [1.54, 1.807) is 6.08 Å². The lowest BCUT2D eigenvalue weighted by atomic mass is 10.4. The topological polar surface area (TPSA) is 78.8 Å². The summed E-state index contributed by atoms with van der Waals surface area (Å²) < 4.78 is 15.8. The second kappa shape index (κ2) is 5.75. The minimum Gasteiger partial charge on any atom is -0.328 e. The van der Waals surface area contributed by atoms with E-state index in [1.807, 2.05) is 21.1 Å². The summed E-state index contributed by atoms with van der Waals surface area (Å²) in [5.41, 5.74) is 0. The van der Waals surface area contributed by atoms with Gasteiger partial charge in [0.1, 0.15) is 6.54 Å². The molecule has 0 aliphatic rings. The standard InChI is InChI=1S/C8H19N2O4P/c1-5-6-9-8(7-10(2,3)4)14-15(11,12)13/h5,8-9H,1,6-7H2,2-4H3,(H-,11,12,13)/p+1. The van der Waals surface area contributed by atoms with Gasteiger partial charge < -0.3 is 14.3 Å². The Morgan fingerprint density at radius 3 is 2.40 bits per heavy atom. The SMILES string of the molecule is C=CCNC(C[N+](C)(C)C)OP(=O)(O)O. The number of nitrogens with zero attached hydrogens (tertiary/aromatic N) is 1. The molecular formula is C8H20N2O4P+. The molecule has 6 nitrogen and oxygen atoms in total. The molecule has 0 aliphatic carbocycles. The fourth-order valence-corrected chi connectivity index (χ4v) is 1.49. The molecule has 0 rings (SSSR count). The van der Waals surface area contributed by atoms with Crippen molar-refractivity contribution in [2.24, 2.45) is 0 Å². The Bertz CT molecular complexity index is 246. The Hall–Kier alpha value is -0.230. The van der Waals surface area contributed by atoms with Crippen molar-refractivity contribution in [3.8, 4) is 0 Å². The Morgan fingerprint density at radius 2 is 2.07 bits per heavy atom. The zero-order valence-electron chi connectivity index (χ0n) is 9.38. The summed E-state index contributed by atoms with van der Waals surface area (Å²) in [6, 6.07) is 0. The second-order valence-corrected chi connectivity index (χ2v) is 5.45. The molecule has 1 unspecified atom stereocenters. The maximum Gasteiger partial charge on any atom is 0.471 e. The fourth-order valence-electron chi connectivity index (χ4n) is 1.01. The van der Waals surface area contributed by atoms with Gasteiger partial charge in [0.25, 0.3) is 0 Å². The molecule has 0 aromatic carbocycles. The van der Waals surface area contributed by atoms with Gasteiger partial charge in [-0.2, -0.15) is 0 Å². The third kappa shape index (κ3) is 10.1. The van der Waals surface area contributed by atoms with Gasteiger partial charge in [-0.1, -0.05) is 6.08 Å². The van der Waals surface area contributed by atoms with Crippen LogP contribution in [0.1, 0.15) is 0 Å². The number of phosphoric acid groups is 1. The van der Waals surface area contributed by atoms with Gasteiger partial charge in [-0.15, -0.1) is 6.58 Å². The number of likely N-dealkylation sites (N-methyl/N-ethyl adjacent to an activating group) is 1. The molecule has 7 heteroatoms. The van der Waals surface area contributed by atoms with Crippen molar-refractivity contribution in [3.05, 3.63) is 12.7 Å². The third-order valence-electron chi connectivity index (χ3n) is 1.47. The van der Waals surface area contributed by atoms with Crippen molar-refractivity contribution in [3.63, 3.8) is 0 Å². The Morgan fingerprint density at radius 1 is 1.53 bits per heavy atom. The molecule has 1 atom stereocenters. The smallest absolute Gasteiger partial charge is 0.328 e. The van der Waals surface area contributed by atoms with Crippen LogP contribution in [0.15, 0.2) is 12.7 Å². The monoisotopic (exact) mass is 239 g/mol. The number of rotatable bonds is 7. The Labute approximate surface area is 90.4 Å². The normalized spacial score (nSPS) is 15.0. The van der Waals surface area contributed by atoms with E-state index in [0.29, 0.717) is 17.6 Å². The van der Waals surface area contributed by atoms with E-state index >= 15 is 0 Å². The summed E-state index contributed by atoms with van der Waals surface area (Å²) in [5.74, 6) is 0. The lowest BCUT2D eigenvalue weighted by Crippen LogP contribution is -2.48. The summed E-state index contributed by atoms with van der Waals surface area (Å²) in [4.78, 5) is 17.4. The van der Waals surface area contributed by atoms with Gasteiger partial charge in [-0.05, 0) is 0 Å². The predicted octanol–water partition coefficient (Wildman–Crippen LogP) is -0.0964. The van der Waals surface area contributed by atoms with Gasteiger partial charge in [0.15, 0.2) is 6.23 Å². The lowest BCUT2D eigenvalue weighted by molar-refractivity contribution is -0.873. The predicted molar refractivity (Wildman–Crippen MR) is 58.0 cm³/mol. The van der Waals surface area contributed by atoms with Crippen LogP contribution in [0.2, 0.25) is 0 Å². The van der Waals surface area contributed by atoms with E-state index in [-0.39, 0.29) is 0 Å². The van der Waals surface area contributed by atoms with Gasteiger partial charge in [-0.3, -0.25) is 9.84 Å². The number of nitrogens with one attached hydrogen (secondary N) is 1. The average Bonchev–Trinajstić information content (AvgIpc) is 1.94. The number of hydrogen-bond acceptors (Lipinski definition) is 3. The quantitative estimate of drug-likeness (QED) is 0.250. The number of phosphoric ester groups is 1. The van der Waals surface area contributed by atoms with Crippen molar-refractivity contribution >= 4 is 7.82 Å². The molecule has 0 bridgehead atoms. The van der Waals surface area contributed by atoms with Crippen LogP contribution >= 0.6 is 7.82 Å². The van der Waals surface area contributed by atoms with E-state index in [4.69, 9.17) is 9.79 Å². The maximum atomic E-state index is 10.7. The molecule has 0 aromatic rings. The third-order valence-corrected chi connectivity index (χ3v) is 2.00. The molecule has 0 radical (unpaired) electrons. The van der Waals surface area contributed by atoms with Crippen molar-refractivity contribution in [2.75, 3.05) is 34.2 Å². The largest absolute Gasteiger partial charge is 0.471 e. The van der Waals surface area contributed by atoms with Crippen LogP contribution < -0.4 is 5.32 Å². The molecular weight excluding hydrogens is 219 g/mol. The molecule has 90 valence electrons. The summed E-state index contributed by atoms with van der Waals surface area (Å²) in [6.07, 6.45) is 0.912. The lowest BCUT2D eigenvalue weighted by Gasteiger charge is -2.29. The maximum absolute atomic E-state index is 10.7. The zero-order valence-corrected chi connectivity index (χ0v) is 10.3. The van der Waals surface area contributed by atoms with Crippen LogP contribution in [0.3, 0.4) is 0 Å². The van der Waals surface area contributed by atoms with E-state index in [9.17, 15) is 4.57 Å². The highest BCUT2D eigenvalue weighted by Crippen LogP contribution is 2.37. The van der Waals surface area contributed by atoms with Crippen LogP contribution in [0, 0.1) is 0 Å². The van der Waals surface area contributed by atoms with Crippen LogP contribution in [-0.2, 0) is 9.09 Å². The van der Waals surface area contributed by atoms with Crippen LogP contribution in [0.4, 0.5) is 0 Å². The second-order valence-electron chi connectivity index (χ2n) is 4.25. The van der Waals surface area contributed by atoms with Crippen LogP contribution in [-0.4, -0.2) is 54.7 Å². The molecule has 0 amide bonds. The number of quaternary nitrogens is 1. The molecule has 0 saturated heterocycles. The first-order chi connectivity index (χ1) is 6.64. The van der Waals surface area contributed by atoms with E-state index < -0.39 is 14.1 Å². The van der Waals surface area contributed by atoms with Gasteiger partial charge in [0, 0.05) is 6.54 Å². The van der Waals surface area contributed by atoms with Gasteiger partial charge in [0.2, 0.25) is 0 Å². The minimum atomic E-state index is -4.45. The highest BCUT2D eigenvalue weighted by atomic mass is 31.2. The van der Waals surface area contributed by atoms with Gasteiger partial charge >= 0.3 is 7.82 Å². The van der Waals surface area contributed by atoms with E-state index in [1.165, 1.54) is 0 Å². The highest BCUT2D eigenvalue weighted by Gasteiger charge is 2.26. The highest BCUT2D eigenvalue weighted by molar-refractivity contribution is 7.46. The van der Waals surface area contributed by atoms with Crippen LogP contribution in [0.25, 0.3) is 0 Å². The van der Waals surface area contributed by atoms with Gasteiger partial charge in [-0.25, -0.2) is 4.57 Å². The van der Waals surface area contributed by atoms with Crippen LogP contribution in [0.5, 0.6) is 0 Å². The van der Waals surface area contributed by atoms with Crippen molar-refractivity contribution < 1.29 is 23.4 Å². The molecule has 0 saturated carbocycles. The van der Waals surface area contributed by atoms with Gasteiger partial charge in [0.05, 0.1) is 21.1 Å². The average molecular weight is 239 g/mol. The first-order valence-corrected chi connectivity index (χ1v) is 6.06.